The number of esters is 2. The maximum absolute atomic E-state index is 12.8. The Morgan fingerprint density at radius 3 is 1.70 bits per heavy atom. The van der Waals surface area contributed by atoms with Crippen molar-refractivity contribution in [3.8, 4) is 0 Å². The highest BCUT2D eigenvalue weighted by atomic mass is 31.2. The van der Waals surface area contributed by atoms with Gasteiger partial charge in [0.15, 0.2) is 6.10 Å². The molecule has 1 saturated carbocycles. The molecule has 1 aliphatic carbocycles. The van der Waals surface area contributed by atoms with Crippen LogP contribution < -0.4 is 0 Å². The molecule has 0 aromatic heterocycles. The van der Waals surface area contributed by atoms with Crippen molar-refractivity contribution >= 4 is 19.8 Å². The van der Waals surface area contributed by atoms with E-state index in [1.54, 1.807) is 0 Å². The number of ether oxygens (including phenoxy) is 3. The first-order chi connectivity index (χ1) is 28.9. The summed E-state index contributed by atoms with van der Waals surface area (Å²) in [5, 5.41) is 50.1. The molecule has 14 nitrogen and oxygen atoms in total. The highest BCUT2D eigenvalue weighted by Gasteiger charge is 2.51. The average molecular weight is 875 g/mol. The van der Waals surface area contributed by atoms with Crippen LogP contribution in [0.25, 0.3) is 0 Å². The van der Waals surface area contributed by atoms with E-state index in [4.69, 9.17) is 23.3 Å². The first kappa shape index (κ1) is 54.2. The number of aliphatic hydroxyl groups excluding tert-OH is 5. The van der Waals surface area contributed by atoms with Crippen LogP contribution in [0.3, 0.4) is 0 Å². The lowest BCUT2D eigenvalue weighted by Gasteiger charge is -2.41. The van der Waals surface area contributed by atoms with Crippen LogP contribution in [-0.2, 0) is 37.4 Å². The molecule has 1 aliphatic heterocycles. The first-order valence-electron chi connectivity index (χ1n) is 22.9. The minimum atomic E-state index is -5.13. The summed E-state index contributed by atoms with van der Waals surface area (Å²) in [7, 11) is -5.13. The van der Waals surface area contributed by atoms with E-state index < -0.39 is 75.7 Å². The molecule has 6 N–H and O–H groups in total. The van der Waals surface area contributed by atoms with Crippen molar-refractivity contribution in [3.63, 3.8) is 0 Å². The summed E-state index contributed by atoms with van der Waals surface area (Å²) in [6, 6.07) is 0. The highest BCUT2D eigenvalue weighted by molar-refractivity contribution is 7.47. The van der Waals surface area contributed by atoms with Crippen LogP contribution in [0.1, 0.15) is 168 Å². The summed E-state index contributed by atoms with van der Waals surface area (Å²) in [6.07, 6.45) is 23.6. The van der Waals surface area contributed by atoms with Gasteiger partial charge >= 0.3 is 19.8 Å². The van der Waals surface area contributed by atoms with Crippen LogP contribution in [0.15, 0.2) is 36.5 Å². The molecule has 2 rings (SSSR count). The number of unbranched alkanes of at least 4 members (excludes halogenated alkanes) is 15. The number of phosphoric ester groups is 1. The molecule has 0 aromatic carbocycles. The zero-order valence-corrected chi connectivity index (χ0v) is 37.3. The summed E-state index contributed by atoms with van der Waals surface area (Å²) in [4.78, 5) is 35.8. The molecule has 0 aromatic rings. The van der Waals surface area contributed by atoms with Gasteiger partial charge in [-0.15, -0.1) is 0 Å². The topological polar surface area (TPSA) is 222 Å². The molecule has 60 heavy (non-hydrogen) atoms. The maximum Gasteiger partial charge on any atom is 0.472 e. The number of carbonyl (C=O) groups is 2. The standard InChI is InChI=1S/C45H79O14P/c1-3-5-7-9-11-13-15-17-19-21-23-25-27-31-39(47)57-35(34-56-60(53,54)59-45-43(51)41(49)40(48)42(50)44(45)52)33-55-38(46)32-28-30-37-36(58-37)29-26-24-22-20-18-16-14-12-10-8-6-4-2/h12,14,18,20,24,26,35-37,40-45,48-52H,3-11,13,15-17,19,21-23,25,27-34H2,1-2H3,(H,53,54)/b14-12-,20-18-,26-24-/t35-,36?,37?,40?,41-,42+,43-,44-,45?/m1/s1. The van der Waals surface area contributed by atoms with Gasteiger partial charge in [-0.05, 0) is 51.4 Å². The van der Waals surface area contributed by atoms with Crippen molar-refractivity contribution in [2.24, 2.45) is 0 Å². The highest BCUT2D eigenvalue weighted by Crippen LogP contribution is 2.47. The van der Waals surface area contributed by atoms with Crippen LogP contribution in [0, 0.1) is 0 Å². The van der Waals surface area contributed by atoms with Gasteiger partial charge in [0.2, 0.25) is 0 Å². The third kappa shape index (κ3) is 24.6. The van der Waals surface area contributed by atoms with E-state index >= 15 is 0 Å². The number of rotatable bonds is 36. The molecule has 0 radical (unpaired) electrons. The first-order valence-corrected chi connectivity index (χ1v) is 24.4. The minimum Gasteiger partial charge on any atom is -0.462 e. The van der Waals surface area contributed by atoms with E-state index in [1.807, 2.05) is 0 Å². The molecule has 1 heterocycles. The van der Waals surface area contributed by atoms with Gasteiger partial charge in [0, 0.05) is 12.8 Å². The van der Waals surface area contributed by atoms with E-state index in [-0.39, 0.29) is 25.0 Å². The van der Waals surface area contributed by atoms with Crippen molar-refractivity contribution in [2.45, 2.75) is 223 Å². The molecule has 5 unspecified atom stereocenters. The molecule has 0 amide bonds. The van der Waals surface area contributed by atoms with Crippen LogP contribution in [0.2, 0.25) is 0 Å². The number of carbonyl (C=O) groups excluding carboxylic acids is 2. The van der Waals surface area contributed by atoms with Gasteiger partial charge in [0.05, 0.1) is 18.8 Å². The zero-order valence-electron chi connectivity index (χ0n) is 36.4. The van der Waals surface area contributed by atoms with Crippen LogP contribution in [-0.4, -0.2) is 111 Å². The van der Waals surface area contributed by atoms with Crippen molar-refractivity contribution in [2.75, 3.05) is 13.2 Å². The number of allylic oxidation sites excluding steroid dienone is 5. The molecule has 348 valence electrons. The summed E-state index contributed by atoms with van der Waals surface area (Å²) in [6.45, 7) is 3.20. The summed E-state index contributed by atoms with van der Waals surface area (Å²) >= 11 is 0. The van der Waals surface area contributed by atoms with E-state index in [1.165, 1.54) is 70.6 Å². The number of hydrogen-bond acceptors (Lipinski definition) is 13. The molecule has 10 atom stereocenters. The Morgan fingerprint density at radius 2 is 1.10 bits per heavy atom. The minimum absolute atomic E-state index is 0.0634. The molecule has 2 fully saturated rings. The van der Waals surface area contributed by atoms with Crippen molar-refractivity contribution in [3.05, 3.63) is 36.5 Å². The Bertz CT molecular complexity index is 1260. The Morgan fingerprint density at radius 1 is 0.600 bits per heavy atom. The van der Waals surface area contributed by atoms with Gasteiger partial charge in [-0.25, -0.2) is 4.57 Å². The quantitative estimate of drug-likeness (QED) is 0.0117. The lowest BCUT2D eigenvalue weighted by molar-refractivity contribution is -0.220. The second kappa shape index (κ2) is 32.7. The van der Waals surface area contributed by atoms with Gasteiger partial charge in [-0.2, -0.15) is 0 Å². The fourth-order valence-electron chi connectivity index (χ4n) is 7.08. The Balaban J connectivity index is 1.74. The molecular formula is C45H79O14P. The van der Waals surface area contributed by atoms with Crippen LogP contribution in [0.5, 0.6) is 0 Å². The van der Waals surface area contributed by atoms with E-state index in [0.29, 0.717) is 19.3 Å². The monoisotopic (exact) mass is 875 g/mol. The molecule has 0 spiro atoms. The van der Waals surface area contributed by atoms with Gasteiger partial charge in [-0.3, -0.25) is 18.6 Å². The number of aliphatic hydroxyl groups is 5. The van der Waals surface area contributed by atoms with Gasteiger partial charge in [-0.1, -0.05) is 140 Å². The lowest BCUT2D eigenvalue weighted by Crippen LogP contribution is -2.64. The third-order valence-corrected chi connectivity index (χ3v) is 11.9. The number of epoxide rings is 1. The van der Waals surface area contributed by atoms with E-state index in [0.717, 1.165) is 51.4 Å². The normalized spacial score (nSPS) is 25.9. The predicted molar refractivity (Wildman–Crippen MR) is 230 cm³/mol. The molecular weight excluding hydrogens is 795 g/mol. The second-order valence-electron chi connectivity index (χ2n) is 16.3. The Labute approximate surface area is 359 Å². The maximum atomic E-state index is 12.8. The van der Waals surface area contributed by atoms with Crippen molar-refractivity contribution < 1.29 is 67.8 Å². The second-order valence-corrected chi connectivity index (χ2v) is 17.7. The summed E-state index contributed by atoms with van der Waals surface area (Å²) in [5.74, 6) is -1.17. The molecule has 1 saturated heterocycles. The lowest BCUT2D eigenvalue weighted by atomic mass is 9.85. The zero-order chi connectivity index (χ0) is 44.0. The van der Waals surface area contributed by atoms with Gasteiger partial charge in [0.1, 0.15) is 43.2 Å². The van der Waals surface area contributed by atoms with E-state index in [2.05, 4.69) is 50.3 Å². The fourth-order valence-corrected chi connectivity index (χ4v) is 8.05. The summed E-state index contributed by atoms with van der Waals surface area (Å²) in [5.41, 5.74) is 0. The van der Waals surface area contributed by atoms with Crippen molar-refractivity contribution in [1.82, 2.24) is 0 Å². The number of hydrogen-bond donors (Lipinski definition) is 6. The largest absolute Gasteiger partial charge is 0.472 e. The third-order valence-electron chi connectivity index (χ3n) is 10.9. The molecule has 0 bridgehead atoms. The number of phosphoric acid groups is 1. The molecule has 15 heteroatoms. The summed E-state index contributed by atoms with van der Waals surface area (Å²) < 4.78 is 39.3. The van der Waals surface area contributed by atoms with Gasteiger partial charge < -0.3 is 44.6 Å². The van der Waals surface area contributed by atoms with Crippen LogP contribution in [0.4, 0.5) is 0 Å². The van der Waals surface area contributed by atoms with Gasteiger partial charge in [0.25, 0.3) is 0 Å². The predicted octanol–water partition coefficient (Wildman–Crippen LogP) is 7.60. The SMILES string of the molecule is CCCCC/C=C\C/C=C\C/C=C\CC1OC1CCCC(=O)OC[C@H](COP(=O)(O)OC1[C@H](O)[C@H](O)C(O)[C@H](O)[C@H]1O)OC(=O)CCCCCCCCCCCCCCC. The molecule has 2 aliphatic rings. The Kier molecular flexibility index (Phi) is 29.5. The fraction of sp³-hybridized carbons (Fsp3) is 0.822. The average Bonchev–Trinajstić information content (AvgIpc) is 3.98. The van der Waals surface area contributed by atoms with Crippen molar-refractivity contribution in [1.29, 1.82) is 0 Å². The van der Waals surface area contributed by atoms with Crippen LogP contribution >= 0.6 is 7.82 Å². The smallest absolute Gasteiger partial charge is 0.462 e. The Hall–Kier alpha value is -1.97. The van der Waals surface area contributed by atoms with E-state index in [9.17, 15) is 44.6 Å².